The summed E-state index contributed by atoms with van der Waals surface area (Å²) in [5.74, 6) is -0.256. The van der Waals surface area contributed by atoms with Gasteiger partial charge >= 0.3 is 0 Å². The van der Waals surface area contributed by atoms with E-state index < -0.39 is 0 Å². The summed E-state index contributed by atoms with van der Waals surface area (Å²) in [6.07, 6.45) is 0. The van der Waals surface area contributed by atoms with Crippen LogP contribution in [-0.2, 0) is 22.7 Å². The number of methoxy groups -OCH3 is 1. The Morgan fingerprint density at radius 3 is 2.43 bits per heavy atom. The van der Waals surface area contributed by atoms with Gasteiger partial charge in [-0.25, -0.2) is 0 Å². The number of carbonyl (C=O) groups is 2. The molecule has 0 radical (unpaired) electrons. The summed E-state index contributed by atoms with van der Waals surface area (Å²) in [5, 5.41) is 5.58. The van der Waals surface area contributed by atoms with Crippen molar-refractivity contribution in [2.45, 2.75) is 20.1 Å². The molecule has 0 aliphatic carbocycles. The number of hydrogen-bond donors (Lipinski definition) is 2. The lowest BCUT2D eigenvalue weighted by Crippen LogP contribution is -2.19. The topological polar surface area (TPSA) is 67.4 Å². The van der Waals surface area contributed by atoms with Gasteiger partial charge in [-0.05, 0) is 35.4 Å². The molecule has 0 fully saturated rings. The first-order valence-corrected chi connectivity index (χ1v) is 7.31. The lowest BCUT2D eigenvalue weighted by Gasteiger charge is -2.08. The van der Waals surface area contributed by atoms with Gasteiger partial charge in [0.1, 0.15) is 0 Å². The number of anilines is 1. The maximum absolute atomic E-state index is 12.2. The van der Waals surface area contributed by atoms with Gasteiger partial charge in [0.15, 0.2) is 0 Å². The zero-order valence-corrected chi connectivity index (χ0v) is 13.3. The summed E-state index contributed by atoms with van der Waals surface area (Å²) < 4.78 is 5.08. The predicted molar refractivity (Wildman–Crippen MR) is 89.1 cm³/mol. The maximum Gasteiger partial charge on any atom is 0.255 e. The molecule has 120 valence electrons. The van der Waals surface area contributed by atoms with Crippen LogP contribution in [0.15, 0.2) is 48.5 Å². The monoisotopic (exact) mass is 312 g/mol. The fourth-order valence-electron chi connectivity index (χ4n) is 2.11. The molecule has 0 saturated carbocycles. The van der Waals surface area contributed by atoms with E-state index in [2.05, 4.69) is 10.6 Å². The summed E-state index contributed by atoms with van der Waals surface area (Å²) in [4.78, 5) is 23.1. The molecule has 0 saturated heterocycles. The summed E-state index contributed by atoms with van der Waals surface area (Å²) in [7, 11) is 1.63. The predicted octanol–water partition coefficient (Wildman–Crippen LogP) is 2.72. The van der Waals surface area contributed by atoms with Crippen molar-refractivity contribution < 1.29 is 14.3 Å². The Hall–Kier alpha value is -2.66. The molecule has 23 heavy (non-hydrogen) atoms. The molecule has 2 N–H and O–H groups in total. The summed E-state index contributed by atoms with van der Waals surface area (Å²) in [6.45, 7) is 2.43. The first kappa shape index (κ1) is 16.7. The molecule has 2 aromatic rings. The van der Waals surface area contributed by atoms with Crippen LogP contribution in [0.4, 0.5) is 5.69 Å². The highest BCUT2D eigenvalue weighted by molar-refractivity contribution is 6.04. The molecular formula is C18H20N2O3. The van der Waals surface area contributed by atoms with Crippen molar-refractivity contribution in [3.63, 3.8) is 0 Å². The minimum atomic E-state index is -0.175. The number of rotatable bonds is 6. The van der Waals surface area contributed by atoms with Crippen LogP contribution in [-0.4, -0.2) is 18.9 Å². The molecule has 0 spiro atoms. The molecule has 2 aromatic carbocycles. The minimum Gasteiger partial charge on any atom is -0.380 e. The molecule has 2 amide bonds. The van der Waals surface area contributed by atoms with E-state index in [1.807, 2.05) is 36.4 Å². The number of ether oxygens (including phenoxy) is 1. The Labute approximate surface area is 135 Å². The van der Waals surface area contributed by atoms with Crippen LogP contribution >= 0.6 is 0 Å². The van der Waals surface area contributed by atoms with E-state index in [0.29, 0.717) is 18.7 Å². The van der Waals surface area contributed by atoms with Crippen molar-refractivity contribution >= 4 is 17.5 Å². The van der Waals surface area contributed by atoms with E-state index in [1.54, 1.807) is 19.2 Å². The molecular weight excluding hydrogens is 292 g/mol. The number of hydrogen-bond acceptors (Lipinski definition) is 3. The van der Waals surface area contributed by atoms with Crippen molar-refractivity contribution in [3.05, 3.63) is 65.2 Å². The third-order valence-corrected chi connectivity index (χ3v) is 3.25. The van der Waals surface area contributed by atoms with Crippen LogP contribution < -0.4 is 10.6 Å². The van der Waals surface area contributed by atoms with Crippen molar-refractivity contribution in [2.75, 3.05) is 12.4 Å². The molecule has 2 rings (SSSR count). The maximum atomic E-state index is 12.2. The number of benzene rings is 2. The van der Waals surface area contributed by atoms with Crippen molar-refractivity contribution in [1.29, 1.82) is 0 Å². The first-order valence-electron chi connectivity index (χ1n) is 7.31. The van der Waals surface area contributed by atoms with Crippen molar-refractivity contribution in [1.82, 2.24) is 5.32 Å². The van der Waals surface area contributed by atoms with Gasteiger partial charge in [0.25, 0.3) is 5.91 Å². The second kappa shape index (κ2) is 8.10. The highest BCUT2D eigenvalue weighted by atomic mass is 16.5. The first-order chi connectivity index (χ1) is 11.1. The van der Waals surface area contributed by atoms with E-state index in [4.69, 9.17) is 4.74 Å². The Balaban J connectivity index is 2.00. The zero-order valence-electron chi connectivity index (χ0n) is 13.3. The SMILES string of the molecule is COCc1cccc(NC(=O)c2ccc(CNC(C)=O)cc2)c1. The van der Waals surface area contributed by atoms with Gasteiger partial charge in [0.2, 0.25) is 5.91 Å². The fraction of sp³-hybridized carbons (Fsp3) is 0.222. The van der Waals surface area contributed by atoms with E-state index in [-0.39, 0.29) is 11.8 Å². The number of amides is 2. The van der Waals surface area contributed by atoms with Crippen LogP contribution in [0.25, 0.3) is 0 Å². The zero-order chi connectivity index (χ0) is 16.7. The quantitative estimate of drug-likeness (QED) is 0.862. The van der Waals surface area contributed by atoms with Crippen LogP contribution in [0, 0.1) is 0 Å². The molecule has 0 heterocycles. The van der Waals surface area contributed by atoms with Crippen LogP contribution in [0.1, 0.15) is 28.4 Å². The average molecular weight is 312 g/mol. The fourth-order valence-corrected chi connectivity index (χ4v) is 2.11. The van der Waals surface area contributed by atoms with Crippen LogP contribution in [0.5, 0.6) is 0 Å². The average Bonchev–Trinajstić information content (AvgIpc) is 2.54. The Kier molecular flexibility index (Phi) is 5.88. The Morgan fingerprint density at radius 1 is 1.04 bits per heavy atom. The number of nitrogens with one attached hydrogen (secondary N) is 2. The smallest absolute Gasteiger partial charge is 0.255 e. The van der Waals surface area contributed by atoms with Gasteiger partial charge in [-0.3, -0.25) is 9.59 Å². The normalized spacial score (nSPS) is 10.2. The lowest BCUT2D eigenvalue weighted by molar-refractivity contribution is -0.119. The van der Waals surface area contributed by atoms with Gasteiger partial charge in [0, 0.05) is 31.8 Å². The van der Waals surface area contributed by atoms with E-state index in [1.165, 1.54) is 6.92 Å². The van der Waals surface area contributed by atoms with Crippen molar-refractivity contribution in [2.24, 2.45) is 0 Å². The Bertz CT molecular complexity index is 681. The van der Waals surface area contributed by atoms with Crippen LogP contribution in [0.2, 0.25) is 0 Å². The van der Waals surface area contributed by atoms with E-state index in [0.717, 1.165) is 16.8 Å². The highest BCUT2D eigenvalue weighted by Crippen LogP contribution is 2.13. The second-order valence-electron chi connectivity index (χ2n) is 5.19. The third-order valence-electron chi connectivity index (χ3n) is 3.25. The molecule has 0 unspecified atom stereocenters. The Morgan fingerprint density at radius 2 is 1.78 bits per heavy atom. The summed E-state index contributed by atoms with van der Waals surface area (Å²) >= 11 is 0. The van der Waals surface area contributed by atoms with Crippen LogP contribution in [0.3, 0.4) is 0 Å². The van der Waals surface area contributed by atoms with Gasteiger partial charge in [-0.1, -0.05) is 24.3 Å². The van der Waals surface area contributed by atoms with Gasteiger partial charge < -0.3 is 15.4 Å². The second-order valence-corrected chi connectivity index (χ2v) is 5.19. The third kappa shape index (κ3) is 5.23. The molecule has 0 bridgehead atoms. The highest BCUT2D eigenvalue weighted by Gasteiger charge is 2.06. The summed E-state index contributed by atoms with van der Waals surface area (Å²) in [5.41, 5.74) is 3.23. The molecule has 0 atom stereocenters. The van der Waals surface area contributed by atoms with E-state index in [9.17, 15) is 9.59 Å². The molecule has 5 nitrogen and oxygen atoms in total. The van der Waals surface area contributed by atoms with Gasteiger partial charge in [-0.15, -0.1) is 0 Å². The molecule has 0 aliphatic rings. The minimum absolute atomic E-state index is 0.0808. The molecule has 5 heteroatoms. The summed E-state index contributed by atoms with van der Waals surface area (Å²) in [6, 6.07) is 14.7. The van der Waals surface area contributed by atoms with Crippen molar-refractivity contribution in [3.8, 4) is 0 Å². The van der Waals surface area contributed by atoms with Gasteiger partial charge in [0.05, 0.1) is 6.61 Å². The number of carbonyl (C=O) groups excluding carboxylic acids is 2. The molecule has 0 aromatic heterocycles. The largest absolute Gasteiger partial charge is 0.380 e. The molecule has 0 aliphatic heterocycles. The van der Waals surface area contributed by atoms with Gasteiger partial charge in [-0.2, -0.15) is 0 Å². The standard InChI is InChI=1S/C18H20N2O3/c1-13(21)19-11-14-6-8-16(9-7-14)18(22)20-17-5-3-4-15(10-17)12-23-2/h3-10H,11-12H2,1-2H3,(H,19,21)(H,20,22). The lowest BCUT2D eigenvalue weighted by atomic mass is 10.1. The van der Waals surface area contributed by atoms with E-state index >= 15 is 0 Å².